The summed E-state index contributed by atoms with van der Waals surface area (Å²) in [6.45, 7) is 2.25. The summed E-state index contributed by atoms with van der Waals surface area (Å²) in [5.74, 6) is 0.429. The molecule has 2 aromatic rings. The Balaban J connectivity index is 2.15. The molecular formula is C18H19ClN2O3. The number of nitrogens with one attached hydrogen (secondary N) is 1. The van der Waals surface area contributed by atoms with Crippen molar-refractivity contribution in [3.8, 4) is 5.75 Å². The van der Waals surface area contributed by atoms with Crippen LogP contribution in [-0.4, -0.2) is 25.8 Å². The largest absolute Gasteiger partial charge is 0.496 e. The highest BCUT2D eigenvalue weighted by Crippen LogP contribution is 2.21. The van der Waals surface area contributed by atoms with Gasteiger partial charge in [0.2, 0.25) is 0 Å². The number of hydrogen-bond acceptors (Lipinski definition) is 4. The van der Waals surface area contributed by atoms with E-state index in [1.54, 1.807) is 38.5 Å². The monoisotopic (exact) mass is 346 g/mol. The second-order valence-electron chi connectivity index (χ2n) is 5.11. The summed E-state index contributed by atoms with van der Waals surface area (Å²) in [5, 5.41) is 4.65. The smallest absolute Gasteiger partial charge is 0.271 e. The molecular weight excluding hydrogens is 328 g/mol. The number of nitrogens with zero attached hydrogens (tertiary/aromatic N) is 1. The minimum Gasteiger partial charge on any atom is -0.496 e. The number of rotatable bonds is 6. The first-order chi connectivity index (χ1) is 11.5. The Morgan fingerprint density at radius 3 is 2.62 bits per heavy atom. The molecule has 0 heterocycles. The first kappa shape index (κ1) is 18.0. The van der Waals surface area contributed by atoms with Crippen molar-refractivity contribution in [2.45, 2.75) is 13.5 Å². The van der Waals surface area contributed by atoms with Gasteiger partial charge in [0.25, 0.3) is 5.91 Å². The fourth-order valence-electron chi connectivity index (χ4n) is 2.17. The summed E-state index contributed by atoms with van der Waals surface area (Å²) in [6.07, 6.45) is 0. The van der Waals surface area contributed by atoms with Crippen LogP contribution in [0.4, 0.5) is 0 Å². The quantitative estimate of drug-likeness (QED) is 0.641. The molecule has 0 aliphatic rings. The van der Waals surface area contributed by atoms with E-state index in [1.807, 2.05) is 25.1 Å². The Morgan fingerprint density at radius 2 is 1.96 bits per heavy atom. The molecule has 1 N–H and O–H groups in total. The third-order valence-electron chi connectivity index (χ3n) is 3.41. The van der Waals surface area contributed by atoms with Crippen molar-refractivity contribution in [1.29, 1.82) is 0 Å². The molecule has 0 fully saturated rings. The van der Waals surface area contributed by atoms with Gasteiger partial charge in [0.1, 0.15) is 5.75 Å². The molecule has 2 rings (SSSR count). The maximum absolute atomic E-state index is 12.1. The lowest BCUT2D eigenvalue weighted by molar-refractivity contribution is 0.0955. The Bertz CT molecular complexity index is 760. The first-order valence-electron chi connectivity index (χ1n) is 7.31. The van der Waals surface area contributed by atoms with Crippen LogP contribution in [0.2, 0.25) is 5.02 Å². The second kappa shape index (κ2) is 8.47. The van der Waals surface area contributed by atoms with Gasteiger partial charge in [-0.05, 0) is 48.9 Å². The molecule has 0 saturated heterocycles. The van der Waals surface area contributed by atoms with Gasteiger partial charge in [0.05, 0.1) is 19.4 Å². The molecule has 0 bridgehead atoms. The van der Waals surface area contributed by atoms with E-state index in [0.29, 0.717) is 22.9 Å². The van der Waals surface area contributed by atoms with Crippen LogP contribution >= 0.6 is 11.6 Å². The summed E-state index contributed by atoms with van der Waals surface area (Å²) >= 11 is 5.88. The first-order valence-corrected chi connectivity index (χ1v) is 7.69. The van der Waals surface area contributed by atoms with Gasteiger partial charge in [-0.25, -0.2) is 5.43 Å². The van der Waals surface area contributed by atoms with Crippen LogP contribution in [0.3, 0.4) is 0 Å². The van der Waals surface area contributed by atoms with E-state index in [1.165, 1.54) is 0 Å². The molecule has 5 nitrogen and oxygen atoms in total. The SMILES string of the molecule is COCc1cc(/C(C)=N\NC(=O)c2cccc(Cl)c2)ccc1OC. The van der Waals surface area contributed by atoms with Crippen molar-refractivity contribution in [1.82, 2.24) is 5.43 Å². The molecule has 0 atom stereocenters. The lowest BCUT2D eigenvalue weighted by Gasteiger charge is -2.10. The molecule has 126 valence electrons. The minimum atomic E-state index is -0.317. The summed E-state index contributed by atoms with van der Waals surface area (Å²) in [5.41, 5.74) is 5.44. The number of benzene rings is 2. The van der Waals surface area contributed by atoms with Crippen LogP contribution in [0.25, 0.3) is 0 Å². The zero-order chi connectivity index (χ0) is 17.5. The van der Waals surface area contributed by atoms with E-state index < -0.39 is 0 Å². The topological polar surface area (TPSA) is 59.9 Å². The number of carbonyl (C=O) groups is 1. The van der Waals surface area contributed by atoms with Crippen LogP contribution in [0.15, 0.2) is 47.6 Å². The Hall–Kier alpha value is -2.37. The van der Waals surface area contributed by atoms with Crippen molar-refractivity contribution in [2.24, 2.45) is 5.10 Å². The van der Waals surface area contributed by atoms with Gasteiger partial charge in [0.15, 0.2) is 0 Å². The molecule has 0 unspecified atom stereocenters. The van der Waals surface area contributed by atoms with Gasteiger partial charge >= 0.3 is 0 Å². The maximum Gasteiger partial charge on any atom is 0.271 e. The number of methoxy groups -OCH3 is 2. The fourth-order valence-corrected chi connectivity index (χ4v) is 2.36. The highest BCUT2D eigenvalue weighted by atomic mass is 35.5. The van der Waals surface area contributed by atoms with Crippen LogP contribution in [0.1, 0.15) is 28.4 Å². The van der Waals surface area contributed by atoms with Crippen molar-refractivity contribution >= 4 is 23.2 Å². The average molecular weight is 347 g/mol. The average Bonchev–Trinajstić information content (AvgIpc) is 2.59. The number of hydrazone groups is 1. The third kappa shape index (κ3) is 4.57. The van der Waals surface area contributed by atoms with E-state index in [9.17, 15) is 4.79 Å². The van der Waals surface area contributed by atoms with Crippen LogP contribution in [0, 0.1) is 0 Å². The minimum absolute atomic E-state index is 0.317. The fraction of sp³-hybridized carbons (Fsp3) is 0.222. The zero-order valence-corrected chi connectivity index (χ0v) is 14.6. The van der Waals surface area contributed by atoms with Crippen LogP contribution < -0.4 is 10.2 Å². The number of carbonyl (C=O) groups excluding carboxylic acids is 1. The molecule has 1 amide bonds. The lowest BCUT2D eigenvalue weighted by atomic mass is 10.1. The Labute approximate surface area is 146 Å². The van der Waals surface area contributed by atoms with Crippen LogP contribution in [-0.2, 0) is 11.3 Å². The number of amides is 1. The van der Waals surface area contributed by atoms with Crippen molar-refractivity contribution in [3.05, 3.63) is 64.2 Å². The number of ether oxygens (including phenoxy) is 2. The van der Waals surface area contributed by atoms with Gasteiger partial charge in [-0.1, -0.05) is 17.7 Å². The zero-order valence-electron chi connectivity index (χ0n) is 13.8. The molecule has 24 heavy (non-hydrogen) atoms. The summed E-state index contributed by atoms with van der Waals surface area (Å²) < 4.78 is 10.5. The van der Waals surface area contributed by atoms with E-state index in [4.69, 9.17) is 21.1 Å². The normalized spacial score (nSPS) is 11.2. The predicted molar refractivity (Wildman–Crippen MR) is 94.8 cm³/mol. The highest BCUT2D eigenvalue weighted by molar-refractivity contribution is 6.30. The standard InChI is InChI=1S/C18H19ClN2O3/c1-12(13-7-8-17(24-3)15(9-13)11-23-2)20-21-18(22)14-5-4-6-16(19)10-14/h4-10H,11H2,1-3H3,(H,21,22)/b20-12-. The second-order valence-corrected chi connectivity index (χ2v) is 5.54. The summed E-state index contributed by atoms with van der Waals surface area (Å²) in [4.78, 5) is 12.1. The lowest BCUT2D eigenvalue weighted by Crippen LogP contribution is -2.19. The van der Waals surface area contributed by atoms with Crippen molar-refractivity contribution in [2.75, 3.05) is 14.2 Å². The van der Waals surface area contributed by atoms with Gasteiger partial charge in [-0.15, -0.1) is 0 Å². The van der Waals surface area contributed by atoms with Gasteiger partial charge in [-0.3, -0.25) is 4.79 Å². The molecule has 0 radical (unpaired) electrons. The predicted octanol–water partition coefficient (Wildman–Crippen LogP) is 3.65. The Morgan fingerprint density at radius 1 is 1.17 bits per heavy atom. The molecule has 0 saturated carbocycles. The van der Waals surface area contributed by atoms with E-state index in [2.05, 4.69) is 10.5 Å². The summed E-state index contributed by atoms with van der Waals surface area (Å²) in [6, 6.07) is 12.3. The van der Waals surface area contributed by atoms with Gasteiger partial charge < -0.3 is 9.47 Å². The van der Waals surface area contributed by atoms with E-state index in [0.717, 1.165) is 16.9 Å². The Kier molecular flexibility index (Phi) is 6.35. The molecule has 0 spiro atoms. The summed E-state index contributed by atoms with van der Waals surface area (Å²) in [7, 11) is 3.23. The van der Waals surface area contributed by atoms with E-state index >= 15 is 0 Å². The van der Waals surface area contributed by atoms with Crippen molar-refractivity contribution < 1.29 is 14.3 Å². The van der Waals surface area contributed by atoms with Gasteiger partial charge in [0, 0.05) is 23.3 Å². The maximum atomic E-state index is 12.1. The van der Waals surface area contributed by atoms with Crippen molar-refractivity contribution in [3.63, 3.8) is 0 Å². The molecule has 0 aromatic heterocycles. The highest BCUT2D eigenvalue weighted by Gasteiger charge is 2.08. The van der Waals surface area contributed by atoms with Gasteiger partial charge in [-0.2, -0.15) is 5.10 Å². The molecule has 0 aliphatic heterocycles. The third-order valence-corrected chi connectivity index (χ3v) is 3.65. The number of hydrogen-bond donors (Lipinski definition) is 1. The van der Waals surface area contributed by atoms with Crippen LogP contribution in [0.5, 0.6) is 5.75 Å². The van der Waals surface area contributed by atoms with E-state index in [-0.39, 0.29) is 5.91 Å². The molecule has 6 heteroatoms. The molecule has 0 aliphatic carbocycles. The molecule has 2 aromatic carbocycles. The number of halogens is 1.